The van der Waals surface area contributed by atoms with Crippen LogP contribution in [0.25, 0.3) is 0 Å². The van der Waals surface area contributed by atoms with E-state index >= 15 is 0 Å². The SMILES string of the molecule is CONCc1c(C)c(O)c(C)c2c1OC1(CCC1)CC2. The van der Waals surface area contributed by atoms with Crippen molar-refractivity contribution < 1.29 is 14.7 Å². The third-order valence-corrected chi connectivity index (χ3v) is 4.97. The highest BCUT2D eigenvalue weighted by atomic mass is 16.6. The van der Waals surface area contributed by atoms with Crippen molar-refractivity contribution in [2.75, 3.05) is 7.11 Å². The van der Waals surface area contributed by atoms with Gasteiger partial charge in [-0.2, -0.15) is 5.48 Å². The summed E-state index contributed by atoms with van der Waals surface area (Å²) >= 11 is 0. The van der Waals surface area contributed by atoms with Crippen LogP contribution in [0.2, 0.25) is 0 Å². The Labute approximate surface area is 120 Å². The average molecular weight is 277 g/mol. The summed E-state index contributed by atoms with van der Waals surface area (Å²) < 4.78 is 6.39. The molecule has 0 amide bonds. The van der Waals surface area contributed by atoms with Gasteiger partial charge in [-0.05, 0) is 57.1 Å². The third kappa shape index (κ3) is 1.98. The highest BCUT2D eigenvalue weighted by molar-refractivity contribution is 5.59. The second-order valence-corrected chi connectivity index (χ2v) is 6.05. The number of fused-ring (bicyclic) bond motifs is 1. The van der Waals surface area contributed by atoms with Gasteiger partial charge in [0.25, 0.3) is 0 Å². The van der Waals surface area contributed by atoms with Gasteiger partial charge >= 0.3 is 0 Å². The van der Waals surface area contributed by atoms with E-state index in [0.717, 1.165) is 48.1 Å². The molecule has 0 atom stereocenters. The van der Waals surface area contributed by atoms with E-state index in [9.17, 15) is 5.11 Å². The Kier molecular flexibility index (Phi) is 3.38. The fourth-order valence-corrected chi connectivity index (χ4v) is 3.41. The molecule has 0 bridgehead atoms. The van der Waals surface area contributed by atoms with E-state index in [1.54, 1.807) is 7.11 Å². The molecule has 4 heteroatoms. The van der Waals surface area contributed by atoms with E-state index in [1.807, 2.05) is 13.8 Å². The Morgan fingerprint density at radius 2 is 2.00 bits per heavy atom. The number of benzene rings is 1. The molecule has 0 unspecified atom stereocenters. The molecule has 1 aliphatic carbocycles. The van der Waals surface area contributed by atoms with Gasteiger partial charge in [-0.25, -0.2) is 0 Å². The number of phenolic OH excluding ortho intramolecular Hbond substituents is 1. The fraction of sp³-hybridized carbons (Fsp3) is 0.625. The zero-order valence-electron chi connectivity index (χ0n) is 12.5. The Hall–Kier alpha value is -1.26. The largest absolute Gasteiger partial charge is 0.507 e. The van der Waals surface area contributed by atoms with Crippen LogP contribution < -0.4 is 10.2 Å². The number of aromatic hydroxyl groups is 1. The Morgan fingerprint density at radius 3 is 2.60 bits per heavy atom. The van der Waals surface area contributed by atoms with Crippen LogP contribution in [-0.4, -0.2) is 17.8 Å². The molecule has 110 valence electrons. The van der Waals surface area contributed by atoms with Crippen LogP contribution in [0.5, 0.6) is 11.5 Å². The number of phenols is 1. The highest BCUT2D eigenvalue weighted by Gasteiger charge is 2.43. The van der Waals surface area contributed by atoms with E-state index in [-0.39, 0.29) is 5.60 Å². The molecule has 1 fully saturated rings. The van der Waals surface area contributed by atoms with Gasteiger partial charge in [0.05, 0.1) is 13.7 Å². The molecule has 4 nitrogen and oxygen atoms in total. The molecule has 3 rings (SSSR count). The summed E-state index contributed by atoms with van der Waals surface area (Å²) in [6.07, 6.45) is 5.64. The predicted molar refractivity (Wildman–Crippen MR) is 77.0 cm³/mol. The summed E-state index contributed by atoms with van der Waals surface area (Å²) in [4.78, 5) is 4.97. The first-order chi connectivity index (χ1) is 9.58. The molecular weight excluding hydrogens is 254 g/mol. The summed E-state index contributed by atoms with van der Waals surface area (Å²) in [7, 11) is 1.60. The topological polar surface area (TPSA) is 50.7 Å². The fourth-order valence-electron chi connectivity index (χ4n) is 3.41. The summed E-state index contributed by atoms with van der Waals surface area (Å²) in [5, 5.41) is 10.3. The molecule has 1 aromatic carbocycles. The minimum Gasteiger partial charge on any atom is -0.507 e. The van der Waals surface area contributed by atoms with Crippen LogP contribution in [0.15, 0.2) is 0 Å². The molecule has 1 heterocycles. The quantitative estimate of drug-likeness (QED) is 0.834. The lowest BCUT2D eigenvalue weighted by Gasteiger charge is -2.46. The number of hydrogen-bond donors (Lipinski definition) is 2. The lowest BCUT2D eigenvalue weighted by Crippen LogP contribution is -2.46. The number of hydroxylamine groups is 1. The molecule has 0 radical (unpaired) electrons. The maximum Gasteiger partial charge on any atom is 0.128 e. The predicted octanol–water partition coefficient (Wildman–Crippen LogP) is 2.91. The van der Waals surface area contributed by atoms with Crippen molar-refractivity contribution in [1.29, 1.82) is 0 Å². The Morgan fingerprint density at radius 1 is 1.25 bits per heavy atom. The summed E-state index contributed by atoms with van der Waals surface area (Å²) in [5.74, 6) is 1.37. The lowest BCUT2D eigenvalue weighted by molar-refractivity contribution is -0.0268. The minimum atomic E-state index is 0.0602. The van der Waals surface area contributed by atoms with E-state index in [0.29, 0.717) is 12.3 Å². The first kappa shape index (κ1) is 13.7. The van der Waals surface area contributed by atoms with Gasteiger partial charge in [0.1, 0.15) is 17.1 Å². The zero-order chi connectivity index (χ0) is 14.3. The monoisotopic (exact) mass is 277 g/mol. The van der Waals surface area contributed by atoms with Crippen LogP contribution >= 0.6 is 0 Å². The molecule has 2 N–H and O–H groups in total. The van der Waals surface area contributed by atoms with Crippen molar-refractivity contribution >= 4 is 0 Å². The average Bonchev–Trinajstić information content (AvgIpc) is 2.43. The second-order valence-electron chi connectivity index (χ2n) is 6.05. The smallest absolute Gasteiger partial charge is 0.128 e. The van der Waals surface area contributed by atoms with Gasteiger partial charge in [-0.1, -0.05) is 0 Å². The molecule has 1 spiro atoms. The van der Waals surface area contributed by atoms with Crippen molar-refractivity contribution in [2.24, 2.45) is 0 Å². The van der Waals surface area contributed by atoms with Gasteiger partial charge in [0, 0.05) is 11.1 Å². The van der Waals surface area contributed by atoms with Crippen molar-refractivity contribution in [3.8, 4) is 11.5 Å². The lowest BCUT2D eigenvalue weighted by atomic mass is 9.73. The van der Waals surface area contributed by atoms with Crippen LogP contribution in [-0.2, 0) is 17.8 Å². The third-order valence-electron chi connectivity index (χ3n) is 4.97. The molecular formula is C16H23NO3. The van der Waals surface area contributed by atoms with Crippen LogP contribution in [0, 0.1) is 13.8 Å². The van der Waals surface area contributed by atoms with Crippen molar-refractivity contribution in [1.82, 2.24) is 5.48 Å². The van der Waals surface area contributed by atoms with E-state index in [2.05, 4.69) is 5.48 Å². The van der Waals surface area contributed by atoms with Crippen LogP contribution in [0.4, 0.5) is 0 Å². The molecule has 1 aliphatic heterocycles. The minimum absolute atomic E-state index is 0.0602. The molecule has 0 saturated heterocycles. The molecule has 0 aromatic heterocycles. The summed E-state index contributed by atoms with van der Waals surface area (Å²) in [6, 6.07) is 0. The molecule has 2 aliphatic rings. The van der Waals surface area contributed by atoms with Crippen LogP contribution in [0.1, 0.15) is 47.9 Å². The van der Waals surface area contributed by atoms with Gasteiger partial charge in [-0.15, -0.1) is 0 Å². The van der Waals surface area contributed by atoms with E-state index in [1.165, 1.54) is 12.0 Å². The summed E-state index contributed by atoms with van der Waals surface area (Å²) in [5.41, 5.74) is 6.98. The van der Waals surface area contributed by atoms with Crippen molar-refractivity contribution in [2.45, 2.75) is 58.1 Å². The second kappa shape index (κ2) is 4.93. The van der Waals surface area contributed by atoms with Gasteiger partial charge in [0.2, 0.25) is 0 Å². The number of hydrogen-bond acceptors (Lipinski definition) is 4. The summed E-state index contributed by atoms with van der Waals surface area (Å²) in [6.45, 7) is 4.48. The zero-order valence-corrected chi connectivity index (χ0v) is 12.5. The van der Waals surface area contributed by atoms with E-state index in [4.69, 9.17) is 9.57 Å². The van der Waals surface area contributed by atoms with Gasteiger partial charge in [-0.3, -0.25) is 0 Å². The van der Waals surface area contributed by atoms with Gasteiger partial charge in [0.15, 0.2) is 0 Å². The standard InChI is InChI=1S/C16H23NO3/c1-10-12-5-8-16(6-4-7-16)20-15(12)13(9-17-19-3)11(2)14(10)18/h17-18H,4-9H2,1-3H3. The first-order valence-corrected chi connectivity index (χ1v) is 7.37. The molecule has 20 heavy (non-hydrogen) atoms. The Balaban J connectivity index is 2.06. The number of rotatable bonds is 3. The normalized spacial score (nSPS) is 19.4. The number of ether oxygens (including phenoxy) is 1. The van der Waals surface area contributed by atoms with Gasteiger partial charge < -0.3 is 14.7 Å². The van der Waals surface area contributed by atoms with Crippen molar-refractivity contribution in [3.05, 3.63) is 22.3 Å². The maximum atomic E-state index is 10.3. The maximum absolute atomic E-state index is 10.3. The van der Waals surface area contributed by atoms with Crippen molar-refractivity contribution in [3.63, 3.8) is 0 Å². The van der Waals surface area contributed by atoms with E-state index < -0.39 is 0 Å². The first-order valence-electron chi connectivity index (χ1n) is 7.37. The molecule has 1 saturated carbocycles. The highest BCUT2D eigenvalue weighted by Crippen LogP contribution is 2.49. The Bertz CT molecular complexity index is 535. The van der Waals surface area contributed by atoms with Crippen LogP contribution in [0.3, 0.4) is 0 Å². The number of nitrogens with one attached hydrogen (secondary N) is 1. The molecule has 1 aromatic rings.